The standard InChI is InChI=1S/C15H18N4O/c1-2-4-15-17-14(18-20-15)10-19-8-7-12-11(9-16)5-3-6-13(12)19/h3,5-8H,2,4,9-10,16H2,1H3. The molecule has 0 aliphatic heterocycles. The summed E-state index contributed by atoms with van der Waals surface area (Å²) in [5.41, 5.74) is 8.07. The van der Waals surface area contributed by atoms with Crippen LogP contribution in [0.15, 0.2) is 35.0 Å². The quantitative estimate of drug-likeness (QED) is 0.773. The van der Waals surface area contributed by atoms with Crippen LogP contribution in [0.5, 0.6) is 0 Å². The van der Waals surface area contributed by atoms with Crippen molar-refractivity contribution in [1.29, 1.82) is 0 Å². The van der Waals surface area contributed by atoms with E-state index in [9.17, 15) is 0 Å². The van der Waals surface area contributed by atoms with Crippen LogP contribution in [0.2, 0.25) is 0 Å². The Labute approximate surface area is 117 Å². The van der Waals surface area contributed by atoms with E-state index in [0.29, 0.717) is 24.8 Å². The maximum atomic E-state index is 5.77. The minimum Gasteiger partial charge on any atom is -0.340 e. The number of benzene rings is 1. The van der Waals surface area contributed by atoms with Gasteiger partial charge >= 0.3 is 0 Å². The van der Waals surface area contributed by atoms with E-state index < -0.39 is 0 Å². The molecule has 0 spiro atoms. The molecule has 20 heavy (non-hydrogen) atoms. The van der Waals surface area contributed by atoms with Crippen molar-refractivity contribution in [2.75, 3.05) is 0 Å². The summed E-state index contributed by atoms with van der Waals surface area (Å²) in [5, 5.41) is 5.21. The predicted molar refractivity (Wildman–Crippen MR) is 77.2 cm³/mol. The summed E-state index contributed by atoms with van der Waals surface area (Å²) in [6.45, 7) is 3.26. The van der Waals surface area contributed by atoms with Gasteiger partial charge in [-0.1, -0.05) is 24.2 Å². The van der Waals surface area contributed by atoms with Gasteiger partial charge in [0.15, 0.2) is 5.82 Å². The summed E-state index contributed by atoms with van der Waals surface area (Å²) in [6, 6.07) is 8.26. The predicted octanol–water partition coefficient (Wildman–Crippen LogP) is 2.48. The second-order valence-electron chi connectivity index (χ2n) is 4.85. The molecule has 5 heteroatoms. The zero-order valence-electron chi connectivity index (χ0n) is 11.5. The molecule has 5 nitrogen and oxygen atoms in total. The fourth-order valence-corrected chi connectivity index (χ4v) is 2.43. The number of fused-ring (bicyclic) bond motifs is 1. The topological polar surface area (TPSA) is 69.9 Å². The van der Waals surface area contributed by atoms with E-state index in [2.05, 4.69) is 39.8 Å². The van der Waals surface area contributed by atoms with Gasteiger partial charge in [0, 0.05) is 30.1 Å². The number of aryl methyl sites for hydroxylation is 1. The number of hydrogen-bond donors (Lipinski definition) is 1. The Hall–Kier alpha value is -2.14. The van der Waals surface area contributed by atoms with Crippen LogP contribution in [0.4, 0.5) is 0 Å². The lowest BCUT2D eigenvalue weighted by Gasteiger charge is -2.03. The van der Waals surface area contributed by atoms with Gasteiger partial charge in [0.2, 0.25) is 5.89 Å². The molecule has 104 valence electrons. The first-order valence-corrected chi connectivity index (χ1v) is 6.90. The summed E-state index contributed by atoms with van der Waals surface area (Å²) < 4.78 is 7.34. The maximum Gasteiger partial charge on any atom is 0.226 e. The van der Waals surface area contributed by atoms with E-state index in [1.807, 2.05) is 12.3 Å². The first-order chi connectivity index (χ1) is 9.81. The maximum absolute atomic E-state index is 5.77. The van der Waals surface area contributed by atoms with E-state index in [1.165, 1.54) is 5.39 Å². The molecule has 0 saturated heterocycles. The van der Waals surface area contributed by atoms with Crippen LogP contribution in [0.1, 0.15) is 30.6 Å². The van der Waals surface area contributed by atoms with Gasteiger partial charge in [-0.25, -0.2) is 0 Å². The van der Waals surface area contributed by atoms with Crippen LogP contribution in [-0.2, 0) is 19.5 Å². The van der Waals surface area contributed by atoms with Crippen LogP contribution in [0, 0.1) is 0 Å². The average Bonchev–Trinajstić information content (AvgIpc) is 3.07. The third kappa shape index (κ3) is 2.32. The summed E-state index contributed by atoms with van der Waals surface area (Å²) in [7, 11) is 0. The minimum atomic E-state index is 0.546. The molecule has 2 aromatic heterocycles. The van der Waals surface area contributed by atoms with Gasteiger partial charge in [-0.05, 0) is 24.1 Å². The Morgan fingerprint density at radius 2 is 2.20 bits per heavy atom. The molecular formula is C15H18N4O. The third-order valence-corrected chi connectivity index (χ3v) is 3.41. The highest BCUT2D eigenvalue weighted by Gasteiger charge is 2.09. The highest BCUT2D eigenvalue weighted by molar-refractivity contribution is 5.83. The summed E-state index contributed by atoms with van der Waals surface area (Å²) >= 11 is 0. The molecule has 2 N–H and O–H groups in total. The Morgan fingerprint density at radius 1 is 1.30 bits per heavy atom. The fourth-order valence-electron chi connectivity index (χ4n) is 2.43. The van der Waals surface area contributed by atoms with Crippen molar-refractivity contribution >= 4 is 10.9 Å². The van der Waals surface area contributed by atoms with Gasteiger partial charge in [-0.3, -0.25) is 0 Å². The Kier molecular flexibility index (Phi) is 3.52. The lowest BCUT2D eigenvalue weighted by atomic mass is 10.1. The average molecular weight is 270 g/mol. The molecule has 0 aliphatic carbocycles. The van der Waals surface area contributed by atoms with Crippen LogP contribution >= 0.6 is 0 Å². The van der Waals surface area contributed by atoms with Gasteiger partial charge in [0.25, 0.3) is 0 Å². The number of hydrogen-bond acceptors (Lipinski definition) is 4. The zero-order valence-corrected chi connectivity index (χ0v) is 11.5. The lowest BCUT2D eigenvalue weighted by Crippen LogP contribution is -2.01. The lowest BCUT2D eigenvalue weighted by molar-refractivity contribution is 0.371. The van der Waals surface area contributed by atoms with Gasteiger partial charge in [0.05, 0.1) is 6.54 Å². The highest BCUT2D eigenvalue weighted by Crippen LogP contribution is 2.20. The first-order valence-electron chi connectivity index (χ1n) is 6.90. The molecule has 1 aromatic carbocycles. The molecule has 0 radical (unpaired) electrons. The van der Waals surface area contributed by atoms with E-state index in [1.54, 1.807) is 0 Å². The summed E-state index contributed by atoms with van der Waals surface area (Å²) in [5.74, 6) is 1.42. The van der Waals surface area contributed by atoms with Crippen LogP contribution < -0.4 is 5.73 Å². The number of aromatic nitrogens is 3. The Bertz CT molecular complexity index is 714. The number of nitrogens with zero attached hydrogens (tertiary/aromatic N) is 3. The monoisotopic (exact) mass is 270 g/mol. The van der Waals surface area contributed by atoms with Gasteiger partial charge < -0.3 is 14.8 Å². The van der Waals surface area contributed by atoms with Crippen molar-refractivity contribution in [1.82, 2.24) is 14.7 Å². The minimum absolute atomic E-state index is 0.546. The van der Waals surface area contributed by atoms with Gasteiger partial charge in [-0.2, -0.15) is 4.98 Å². The van der Waals surface area contributed by atoms with E-state index in [4.69, 9.17) is 10.3 Å². The molecule has 3 aromatic rings. The van der Waals surface area contributed by atoms with Gasteiger partial charge in [-0.15, -0.1) is 0 Å². The van der Waals surface area contributed by atoms with E-state index >= 15 is 0 Å². The van der Waals surface area contributed by atoms with Crippen LogP contribution in [0.25, 0.3) is 10.9 Å². The second kappa shape index (κ2) is 5.46. The largest absolute Gasteiger partial charge is 0.340 e. The normalized spacial score (nSPS) is 11.3. The molecular weight excluding hydrogens is 252 g/mol. The molecule has 0 amide bonds. The highest BCUT2D eigenvalue weighted by atomic mass is 16.5. The molecule has 0 atom stereocenters. The van der Waals surface area contributed by atoms with Crippen molar-refractivity contribution in [2.24, 2.45) is 5.73 Å². The molecule has 0 aliphatic rings. The van der Waals surface area contributed by atoms with Crippen molar-refractivity contribution < 1.29 is 4.52 Å². The SMILES string of the molecule is CCCc1nc(Cn2ccc3c(CN)cccc32)no1. The third-order valence-electron chi connectivity index (χ3n) is 3.41. The van der Waals surface area contributed by atoms with Crippen LogP contribution in [0.3, 0.4) is 0 Å². The Morgan fingerprint density at radius 3 is 3.00 bits per heavy atom. The summed E-state index contributed by atoms with van der Waals surface area (Å²) in [4.78, 5) is 4.40. The number of rotatable bonds is 5. The molecule has 2 heterocycles. The smallest absolute Gasteiger partial charge is 0.226 e. The van der Waals surface area contributed by atoms with Crippen LogP contribution in [-0.4, -0.2) is 14.7 Å². The Balaban J connectivity index is 1.90. The molecule has 0 fully saturated rings. The molecule has 0 bridgehead atoms. The van der Waals surface area contributed by atoms with Gasteiger partial charge in [0.1, 0.15) is 0 Å². The number of nitrogens with two attached hydrogens (primary N) is 1. The first kappa shape index (κ1) is 12.9. The molecule has 0 unspecified atom stereocenters. The molecule has 0 saturated carbocycles. The van der Waals surface area contributed by atoms with E-state index in [0.717, 1.165) is 23.9 Å². The van der Waals surface area contributed by atoms with Crippen molar-refractivity contribution in [2.45, 2.75) is 32.9 Å². The summed E-state index contributed by atoms with van der Waals surface area (Å²) in [6.07, 6.45) is 3.88. The molecule has 3 rings (SSSR count). The van der Waals surface area contributed by atoms with Crippen molar-refractivity contribution in [3.63, 3.8) is 0 Å². The second-order valence-corrected chi connectivity index (χ2v) is 4.85. The van der Waals surface area contributed by atoms with E-state index in [-0.39, 0.29) is 0 Å². The van der Waals surface area contributed by atoms with Crippen molar-refractivity contribution in [3.8, 4) is 0 Å². The zero-order chi connectivity index (χ0) is 13.9. The van der Waals surface area contributed by atoms with Crippen molar-refractivity contribution in [3.05, 3.63) is 47.7 Å². The fraction of sp³-hybridized carbons (Fsp3) is 0.333.